The molecule has 0 fully saturated rings. The number of hydrogen-bond acceptors (Lipinski definition) is 1. The van der Waals surface area contributed by atoms with Crippen LogP contribution in [0.25, 0.3) is 0 Å². The Labute approximate surface area is 128 Å². The Bertz CT molecular complexity index is 387. The maximum absolute atomic E-state index is 13.3. The maximum atomic E-state index is 13.3. The van der Waals surface area contributed by atoms with Gasteiger partial charge in [0.2, 0.25) is 0 Å². The maximum Gasteiger partial charge on any atom is 0.126 e. The highest BCUT2D eigenvalue weighted by Crippen LogP contribution is 2.24. The van der Waals surface area contributed by atoms with E-state index in [0.29, 0.717) is 5.56 Å². The molecule has 0 saturated carbocycles. The van der Waals surface area contributed by atoms with Crippen LogP contribution >= 0.6 is 11.6 Å². The molecular weight excluding hydrogens is 273 g/mol. The first kappa shape index (κ1) is 17.5. The second-order valence-electron chi connectivity index (χ2n) is 5.48. The fourth-order valence-corrected chi connectivity index (χ4v) is 2.58. The van der Waals surface area contributed by atoms with E-state index < -0.39 is 0 Å². The van der Waals surface area contributed by atoms with E-state index in [4.69, 9.17) is 11.6 Å². The SMILES string of the molecule is CCCCN(CCCC)CC(Cl)c1ccc(F)c(C)c1. The smallest absolute Gasteiger partial charge is 0.126 e. The van der Waals surface area contributed by atoms with Gasteiger partial charge < -0.3 is 4.90 Å². The van der Waals surface area contributed by atoms with Gasteiger partial charge in [0.1, 0.15) is 5.82 Å². The molecule has 0 saturated heterocycles. The molecule has 0 heterocycles. The summed E-state index contributed by atoms with van der Waals surface area (Å²) in [5, 5.41) is -0.0667. The Kier molecular flexibility index (Phi) is 8.16. The van der Waals surface area contributed by atoms with Crippen LogP contribution in [0.15, 0.2) is 18.2 Å². The van der Waals surface area contributed by atoms with Crippen LogP contribution in [-0.2, 0) is 0 Å². The van der Waals surface area contributed by atoms with Gasteiger partial charge in [-0.2, -0.15) is 0 Å². The molecule has 0 amide bonds. The minimum absolute atomic E-state index is 0.0667. The zero-order chi connectivity index (χ0) is 15.0. The van der Waals surface area contributed by atoms with Crippen LogP contribution in [0, 0.1) is 12.7 Å². The Balaban J connectivity index is 2.62. The van der Waals surface area contributed by atoms with Crippen LogP contribution in [0.2, 0.25) is 0 Å². The third-order valence-corrected chi connectivity index (χ3v) is 4.01. The first-order chi connectivity index (χ1) is 9.58. The van der Waals surface area contributed by atoms with Gasteiger partial charge in [0.25, 0.3) is 0 Å². The summed E-state index contributed by atoms with van der Waals surface area (Å²) in [6.45, 7) is 9.24. The van der Waals surface area contributed by atoms with Gasteiger partial charge in [0.15, 0.2) is 0 Å². The fourth-order valence-electron chi connectivity index (χ4n) is 2.25. The van der Waals surface area contributed by atoms with Crippen molar-refractivity contribution >= 4 is 11.6 Å². The number of nitrogens with zero attached hydrogens (tertiary/aromatic N) is 1. The lowest BCUT2D eigenvalue weighted by Crippen LogP contribution is -2.29. The number of benzene rings is 1. The van der Waals surface area contributed by atoms with E-state index in [0.717, 1.165) is 25.2 Å². The van der Waals surface area contributed by atoms with Crippen LogP contribution in [0.1, 0.15) is 56.0 Å². The Morgan fingerprint density at radius 1 is 1.15 bits per heavy atom. The third kappa shape index (κ3) is 5.80. The van der Waals surface area contributed by atoms with Crippen molar-refractivity contribution in [1.82, 2.24) is 4.90 Å². The fraction of sp³-hybridized carbons (Fsp3) is 0.647. The van der Waals surface area contributed by atoms with Gasteiger partial charge >= 0.3 is 0 Å². The van der Waals surface area contributed by atoms with Crippen LogP contribution in [0.5, 0.6) is 0 Å². The van der Waals surface area contributed by atoms with E-state index in [-0.39, 0.29) is 11.2 Å². The average Bonchev–Trinajstić information content (AvgIpc) is 2.44. The van der Waals surface area contributed by atoms with E-state index in [2.05, 4.69) is 18.7 Å². The van der Waals surface area contributed by atoms with E-state index in [9.17, 15) is 4.39 Å². The van der Waals surface area contributed by atoms with Crippen molar-refractivity contribution in [2.24, 2.45) is 0 Å². The normalized spacial score (nSPS) is 12.9. The molecule has 0 N–H and O–H groups in total. The molecule has 0 radical (unpaired) electrons. The molecule has 3 heteroatoms. The van der Waals surface area contributed by atoms with Crippen molar-refractivity contribution in [3.8, 4) is 0 Å². The molecule has 1 rings (SSSR count). The molecule has 20 heavy (non-hydrogen) atoms. The van der Waals surface area contributed by atoms with Crippen LogP contribution in [0.3, 0.4) is 0 Å². The quantitative estimate of drug-likeness (QED) is 0.558. The Morgan fingerprint density at radius 2 is 1.75 bits per heavy atom. The molecule has 0 spiro atoms. The van der Waals surface area contributed by atoms with E-state index in [1.807, 2.05) is 6.07 Å². The van der Waals surface area contributed by atoms with Crippen molar-refractivity contribution in [1.29, 1.82) is 0 Å². The lowest BCUT2D eigenvalue weighted by atomic mass is 10.1. The molecular formula is C17H27ClFN. The van der Waals surface area contributed by atoms with E-state index >= 15 is 0 Å². The van der Waals surface area contributed by atoms with Gasteiger partial charge in [-0.15, -0.1) is 11.6 Å². The number of halogens is 2. The summed E-state index contributed by atoms with van der Waals surface area (Å²) >= 11 is 6.52. The number of aryl methyl sites for hydroxylation is 1. The molecule has 0 aromatic heterocycles. The highest BCUT2D eigenvalue weighted by atomic mass is 35.5. The summed E-state index contributed by atoms with van der Waals surface area (Å²) in [6, 6.07) is 5.19. The summed E-state index contributed by atoms with van der Waals surface area (Å²) in [4.78, 5) is 2.43. The van der Waals surface area contributed by atoms with Gasteiger partial charge in [-0.3, -0.25) is 0 Å². The van der Waals surface area contributed by atoms with Crippen LogP contribution in [-0.4, -0.2) is 24.5 Å². The van der Waals surface area contributed by atoms with Crippen molar-refractivity contribution in [3.05, 3.63) is 35.1 Å². The largest absolute Gasteiger partial charge is 0.302 e. The van der Waals surface area contributed by atoms with Gasteiger partial charge in [0.05, 0.1) is 5.38 Å². The molecule has 0 aliphatic carbocycles. The van der Waals surface area contributed by atoms with Crippen LogP contribution in [0.4, 0.5) is 4.39 Å². The Hall–Kier alpha value is -0.600. The summed E-state index contributed by atoms with van der Waals surface area (Å²) < 4.78 is 13.3. The second kappa shape index (κ2) is 9.36. The van der Waals surface area contributed by atoms with Gasteiger partial charge in [0, 0.05) is 6.54 Å². The van der Waals surface area contributed by atoms with Crippen molar-refractivity contribution in [2.45, 2.75) is 51.8 Å². The number of alkyl halides is 1. The summed E-state index contributed by atoms with van der Waals surface area (Å²) in [7, 11) is 0. The molecule has 0 aliphatic heterocycles. The van der Waals surface area contributed by atoms with E-state index in [1.54, 1.807) is 13.0 Å². The molecule has 1 atom stereocenters. The van der Waals surface area contributed by atoms with Crippen molar-refractivity contribution < 1.29 is 4.39 Å². The number of rotatable bonds is 9. The number of hydrogen-bond donors (Lipinski definition) is 0. The molecule has 1 nitrogen and oxygen atoms in total. The monoisotopic (exact) mass is 299 g/mol. The topological polar surface area (TPSA) is 3.24 Å². The summed E-state index contributed by atoms with van der Waals surface area (Å²) in [5.74, 6) is -0.161. The first-order valence-electron chi connectivity index (χ1n) is 7.71. The second-order valence-corrected chi connectivity index (χ2v) is 6.01. The highest BCUT2D eigenvalue weighted by Gasteiger charge is 2.14. The van der Waals surface area contributed by atoms with Gasteiger partial charge in [-0.25, -0.2) is 4.39 Å². The van der Waals surface area contributed by atoms with Crippen molar-refractivity contribution in [3.63, 3.8) is 0 Å². The molecule has 1 aromatic carbocycles. The zero-order valence-corrected chi connectivity index (χ0v) is 13.7. The first-order valence-corrected chi connectivity index (χ1v) is 8.14. The molecule has 1 aromatic rings. The van der Waals surface area contributed by atoms with Crippen molar-refractivity contribution in [2.75, 3.05) is 19.6 Å². The molecule has 114 valence electrons. The van der Waals surface area contributed by atoms with Gasteiger partial charge in [-0.1, -0.05) is 38.8 Å². The highest BCUT2D eigenvalue weighted by molar-refractivity contribution is 6.21. The molecule has 1 unspecified atom stereocenters. The average molecular weight is 300 g/mol. The predicted octanol–water partition coefficient (Wildman–Crippen LogP) is 5.32. The lowest BCUT2D eigenvalue weighted by Gasteiger charge is -2.25. The molecule has 0 aliphatic rings. The zero-order valence-electron chi connectivity index (χ0n) is 13.0. The minimum Gasteiger partial charge on any atom is -0.302 e. The number of unbranched alkanes of at least 4 members (excludes halogenated alkanes) is 2. The molecule has 0 bridgehead atoms. The van der Waals surface area contributed by atoms with E-state index in [1.165, 1.54) is 31.7 Å². The lowest BCUT2D eigenvalue weighted by molar-refractivity contribution is 0.265. The summed E-state index contributed by atoms with van der Waals surface area (Å²) in [5.41, 5.74) is 1.69. The standard InChI is InChI=1S/C17H27ClFN/c1-4-6-10-20(11-7-5-2)13-16(18)15-8-9-17(19)14(3)12-15/h8-9,12,16H,4-7,10-11,13H2,1-3H3. The van der Waals surface area contributed by atoms with Crippen LogP contribution < -0.4 is 0 Å². The predicted molar refractivity (Wildman–Crippen MR) is 86.0 cm³/mol. The minimum atomic E-state index is -0.161. The summed E-state index contributed by atoms with van der Waals surface area (Å²) in [6.07, 6.45) is 4.81. The Morgan fingerprint density at radius 3 is 2.25 bits per heavy atom. The van der Waals surface area contributed by atoms with Gasteiger partial charge in [-0.05, 0) is 50.0 Å². The third-order valence-electron chi connectivity index (χ3n) is 3.62.